The third-order valence-corrected chi connectivity index (χ3v) is 6.03. The van der Waals surface area contributed by atoms with Crippen molar-refractivity contribution in [1.29, 1.82) is 0 Å². The highest BCUT2D eigenvalue weighted by atomic mass is 32.1. The Morgan fingerprint density at radius 2 is 2.29 bits per heavy atom. The Hall–Kier alpha value is -1.99. The summed E-state index contributed by atoms with van der Waals surface area (Å²) in [6.07, 6.45) is 5.08. The van der Waals surface area contributed by atoms with Crippen LogP contribution in [0.3, 0.4) is 0 Å². The fourth-order valence-corrected chi connectivity index (χ4v) is 4.64. The third kappa shape index (κ3) is 2.89. The highest BCUT2D eigenvalue weighted by Gasteiger charge is 2.18. The normalized spacial score (nSPS) is 15.0. The maximum absolute atomic E-state index is 12.2. The predicted molar refractivity (Wildman–Crippen MR) is 100 cm³/mol. The zero-order chi connectivity index (χ0) is 16.5. The van der Waals surface area contributed by atoms with E-state index in [0.29, 0.717) is 4.96 Å². The molecule has 7 heteroatoms. The van der Waals surface area contributed by atoms with Gasteiger partial charge in [0.15, 0.2) is 0 Å². The Balaban J connectivity index is 1.61. The van der Waals surface area contributed by atoms with Crippen LogP contribution in [0.1, 0.15) is 30.3 Å². The van der Waals surface area contributed by atoms with Gasteiger partial charge >= 0.3 is 0 Å². The van der Waals surface area contributed by atoms with Gasteiger partial charge in [-0.1, -0.05) is 36.8 Å². The standard InChI is InChI=1S/C17H18N4OS2/c1-2-4-13-11-15(22)21-16(18-13)24-17(19-21)20-8-6-12(7-9-20)14-5-3-10-23-14/h3,5-6,10-11H,2,4,7-9H2,1H3. The zero-order valence-corrected chi connectivity index (χ0v) is 15.1. The molecule has 1 aliphatic rings. The first kappa shape index (κ1) is 15.5. The molecule has 1 aliphatic heterocycles. The van der Waals surface area contributed by atoms with E-state index in [1.165, 1.54) is 26.3 Å². The minimum atomic E-state index is -0.0854. The minimum Gasteiger partial charge on any atom is -0.343 e. The van der Waals surface area contributed by atoms with Crippen LogP contribution in [0, 0.1) is 0 Å². The van der Waals surface area contributed by atoms with Gasteiger partial charge in [0.05, 0.1) is 0 Å². The van der Waals surface area contributed by atoms with Gasteiger partial charge in [-0.3, -0.25) is 4.79 Å². The molecular weight excluding hydrogens is 340 g/mol. The highest BCUT2D eigenvalue weighted by molar-refractivity contribution is 7.20. The Morgan fingerprint density at radius 3 is 3.00 bits per heavy atom. The maximum atomic E-state index is 12.2. The lowest BCUT2D eigenvalue weighted by atomic mass is 10.1. The third-order valence-electron chi connectivity index (χ3n) is 4.11. The fourth-order valence-electron chi connectivity index (χ4n) is 2.89. The van der Waals surface area contributed by atoms with E-state index in [-0.39, 0.29) is 5.56 Å². The van der Waals surface area contributed by atoms with Crippen LogP contribution in [-0.2, 0) is 6.42 Å². The molecule has 0 radical (unpaired) electrons. The van der Waals surface area contributed by atoms with Gasteiger partial charge in [0, 0.05) is 29.7 Å². The van der Waals surface area contributed by atoms with Crippen molar-refractivity contribution >= 4 is 38.3 Å². The summed E-state index contributed by atoms with van der Waals surface area (Å²) in [7, 11) is 0. The van der Waals surface area contributed by atoms with Crippen LogP contribution in [0.2, 0.25) is 0 Å². The quantitative estimate of drug-likeness (QED) is 0.717. The SMILES string of the molecule is CCCc1cc(=O)n2nc(N3CC=C(c4cccs4)CC3)sc2n1. The van der Waals surface area contributed by atoms with Gasteiger partial charge in [-0.05, 0) is 29.9 Å². The lowest BCUT2D eigenvalue weighted by Crippen LogP contribution is -2.28. The van der Waals surface area contributed by atoms with Crippen molar-refractivity contribution in [2.45, 2.75) is 26.2 Å². The van der Waals surface area contributed by atoms with Crippen LogP contribution in [-0.4, -0.2) is 27.7 Å². The van der Waals surface area contributed by atoms with E-state index in [1.807, 2.05) is 0 Å². The Labute approximate surface area is 147 Å². The maximum Gasteiger partial charge on any atom is 0.275 e. The number of fused-ring (bicyclic) bond motifs is 1. The van der Waals surface area contributed by atoms with E-state index < -0.39 is 0 Å². The van der Waals surface area contributed by atoms with Crippen molar-refractivity contribution in [1.82, 2.24) is 14.6 Å². The van der Waals surface area contributed by atoms with E-state index in [4.69, 9.17) is 0 Å². The minimum absolute atomic E-state index is 0.0854. The molecule has 4 heterocycles. The van der Waals surface area contributed by atoms with Crippen LogP contribution < -0.4 is 10.5 Å². The summed E-state index contributed by atoms with van der Waals surface area (Å²) in [5, 5.41) is 7.47. The molecule has 0 fully saturated rings. The first-order valence-corrected chi connectivity index (χ1v) is 9.82. The molecule has 3 aromatic rings. The van der Waals surface area contributed by atoms with Gasteiger partial charge in [-0.25, -0.2) is 4.98 Å². The number of hydrogen-bond acceptors (Lipinski definition) is 6. The van der Waals surface area contributed by atoms with E-state index >= 15 is 0 Å². The second-order valence-corrected chi connectivity index (χ2v) is 7.70. The van der Waals surface area contributed by atoms with Crippen molar-refractivity contribution < 1.29 is 0 Å². The molecule has 0 spiro atoms. The second kappa shape index (κ2) is 6.49. The van der Waals surface area contributed by atoms with E-state index in [0.717, 1.165) is 43.2 Å². The van der Waals surface area contributed by atoms with Crippen molar-refractivity contribution in [3.8, 4) is 0 Å². The molecular formula is C17H18N4OS2. The molecule has 0 unspecified atom stereocenters. The molecule has 124 valence electrons. The second-order valence-electron chi connectivity index (χ2n) is 5.82. The van der Waals surface area contributed by atoms with Crippen molar-refractivity contribution in [3.05, 3.63) is 50.6 Å². The number of aryl methyl sites for hydroxylation is 1. The largest absolute Gasteiger partial charge is 0.343 e. The van der Waals surface area contributed by atoms with Crippen molar-refractivity contribution in [3.63, 3.8) is 0 Å². The number of thiophene rings is 1. The summed E-state index contributed by atoms with van der Waals surface area (Å²) in [4.78, 5) is 21.0. The molecule has 0 atom stereocenters. The molecule has 0 saturated carbocycles. The molecule has 0 bridgehead atoms. The average molecular weight is 358 g/mol. The van der Waals surface area contributed by atoms with Crippen LogP contribution in [0.5, 0.6) is 0 Å². The predicted octanol–water partition coefficient (Wildman–Crippen LogP) is 3.46. The molecule has 4 rings (SSSR count). The van der Waals surface area contributed by atoms with Crippen LogP contribution in [0.15, 0.2) is 34.4 Å². The summed E-state index contributed by atoms with van der Waals surface area (Å²) >= 11 is 3.28. The van der Waals surface area contributed by atoms with Crippen molar-refractivity contribution in [2.75, 3.05) is 18.0 Å². The Bertz CT molecular complexity index is 939. The lowest BCUT2D eigenvalue weighted by molar-refractivity contribution is 0.792. The summed E-state index contributed by atoms with van der Waals surface area (Å²) in [5.74, 6) is 0. The Morgan fingerprint density at radius 1 is 1.38 bits per heavy atom. The van der Waals surface area contributed by atoms with Gasteiger partial charge in [0.25, 0.3) is 5.56 Å². The number of nitrogens with zero attached hydrogens (tertiary/aromatic N) is 4. The molecule has 0 aliphatic carbocycles. The van der Waals surface area contributed by atoms with Crippen LogP contribution in [0.4, 0.5) is 5.13 Å². The van der Waals surface area contributed by atoms with E-state index in [1.54, 1.807) is 17.4 Å². The van der Waals surface area contributed by atoms with Crippen LogP contribution >= 0.6 is 22.7 Å². The van der Waals surface area contributed by atoms with Gasteiger partial charge < -0.3 is 4.90 Å². The zero-order valence-electron chi connectivity index (χ0n) is 13.4. The first-order valence-electron chi connectivity index (χ1n) is 8.12. The van der Waals surface area contributed by atoms with Gasteiger partial charge in [0.2, 0.25) is 10.1 Å². The van der Waals surface area contributed by atoms with Crippen molar-refractivity contribution in [2.24, 2.45) is 0 Å². The Kier molecular flexibility index (Phi) is 4.20. The number of rotatable bonds is 4. The van der Waals surface area contributed by atoms with Crippen LogP contribution in [0.25, 0.3) is 10.5 Å². The van der Waals surface area contributed by atoms with Gasteiger partial charge in [-0.2, -0.15) is 4.52 Å². The summed E-state index contributed by atoms with van der Waals surface area (Å²) in [5.41, 5.74) is 2.18. The van der Waals surface area contributed by atoms with Gasteiger partial charge in [0.1, 0.15) is 0 Å². The molecule has 0 N–H and O–H groups in total. The molecule has 24 heavy (non-hydrogen) atoms. The number of hydrogen-bond donors (Lipinski definition) is 0. The van der Waals surface area contributed by atoms with E-state index in [2.05, 4.69) is 45.5 Å². The smallest absolute Gasteiger partial charge is 0.275 e. The molecule has 5 nitrogen and oxygen atoms in total. The summed E-state index contributed by atoms with van der Waals surface area (Å²) in [6.45, 7) is 3.83. The monoisotopic (exact) mass is 358 g/mol. The van der Waals surface area contributed by atoms with Gasteiger partial charge in [-0.15, -0.1) is 16.4 Å². The summed E-state index contributed by atoms with van der Waals surface area (Å²) in [6, 6.07) is 5.86. The summed E-state index contributed by atoms with van der Waals surface area (Å²) < 4.78 is 1.43. The fraction of sp³-hybridized carbons (Fsp3) is 0.353. The average Bonchev–Trinajstić information content (AvgIpc) is 3.25. The molecule has 3 aromatic heterocycles. The highest BCUT2D eigenvalue weighted by Crippen LogP contribution is 2.29. The molecule has 0 amide bonds. The first-order chi connectivity index (χ1) is 11.7. The molecule has 0 aromatic carbocycles. The number of anilines is 1. The lowest BCUT2D eigenvalue weighted by Gasteiger charge is -2.25. The topological polar surface area (TPSA) is 50.5 Å². The van der Waals surface area contributed by atoms with E-state index in [9.17, 15) is 4.79 Å². The number of aromatic nitrogens is 3. The molecule has 0 saturated heterocycles.